The van der Waals surface area contributed by atoms with E-state index in [-0.39, 0.29) is 0 Å². The number of rotatable bonds is 3. The van der Waals surface area contributed by atoms with Crippen LogP contribution in [0.5, 0.6) is 5.88 Å². The van der Waals surface area contributed by atoms with E-state index in [1.807, 2.05) is 4.90 Å². The SMILES string of the molecule is CC#CCOc1cc(N2CCCC(F)C2)ncn1. The summed E-state index contributed by atoms with van der Waals surface area (Å²) in [4.78, 5) is 10.1. The first-order valence-corrected chi connectivity index (χ1v) is 6.03. The van der Waals surface area contributed by atoms with Crippen molar-refractivity contribution in [3.63, 3.8) is 0 Å². The predicted molar refractivity (Wildman–Crippen MR) is 67.3 cm³/mol. The van der Waals surface area contributed by atoms with Crippen LogP contribution in [0.1, 0.15) is 19.8 Å². The standard InChI is InChI=1S/C13H16FN3O/c1-2-3-7-18-13-8-12(15-10-16-13)17-6-4-5-11(14)9-17/h8,10-11H,4-7,9H2,1H3. The Morgan fingerprint density at radius 3 is 3.22 bits per heavy atom. The molecule has 0 N–H and O–H groups in total. The van der Waals surface area contributed by atoms with Crippen molar-refractivity contribution < 1.29 is 9.13 Å². The minimum absolute atomic E-state index is 0.304. The highest BCUT2D eigenvalue weighted by atomic mass is 19.1. The summed E-state index contributed by atoms with van der Waals surface area (Å²) in [5, 5.41) is 0. The maximum absolute atomic E-state index is 13.3. The van der Waals surface area contributed by atoms with Crippen LogP contribution in [0, 0.1) is 11.8 Å². The van der Waals surface area contributed by atoms with Gasteiger partial charge in [-0.3, -0.25) is 0 Å². The lowest BCUT2D eigenvalue weighted by Crippen LogP contribution is -2.36. The highest BCUT2D eigenvalue weighted by Crippen LogP contribution is 2.21. The number of hydrogen-bond acceptors (Lipinski definition) is 4. The Morgan fingerprint density at radius 2 is 2.44 bits per heavy atom. The molecule has 5 heteroatoms. The Balaban J connectivity index is 2.03. The molecule has 1 saturated heterocycles. The molecule has 1 unspecified atom stereocenters. The van der Waals surface area contributed by atoms with Gasteiger partial charge in [0.2, 0.25) is 5.88 Å². The number of anilines is 1. The van der Waals surface area contributed by atoms with E-state index in [9.17, 15) is 4.39 Å². The van der Waals surface area contributed by atoms with E-state index in [1.165, 1.54) is 6.33 Å². The van der Waals surface area contributed by atoms with Gasteiger partial charge in [0, 0.05) is 12.6 Å². The van der Waals surface area contributed by atoms with E-state index in [4.69, 9.17) is 4.74 Å². The quantitative estimate of drug-likeness (QED) is 0.766. The van der Waals surface area contributed by atoms with E-state index in [0.29, 0.717) is 31.3 Å². The first-order chi connectivity index (χ1) is 8.79. The summed E-state index contributed by atoms with van der Waals surface area (Å²) in [6.07, 6.45) is 2.15. The smallest absolute Gasteiger partial charge is 0.219 e. The fourth-order valence-electron chi connectivity index (χ4n) is 1.90. The van der Waals surface area contributed by atoms with Crippen molar-refractivity contribution >= 4 is 5.82 Å². The summed E-state index contributed by atoms with van der Waals surface area (Å²) in [7, 11) is 0. The van der Waals surface area contributed by atoms with Crippen molar-refractivity contribution in [1.29, 1.82) is 0 Å². The van der Waals surface area contributed by atoms with Gasteiger partial charge in [0.15, 0.2) is 6.61 Å². The summed E-state index contributed by atoms with van der Waals surface area (Å²) in [6.45, 7) is 3.28. The summed E-state index contributed by atoms with van der Waals surface area (Å²) < 4.78 is 18.7. The first-order valence-electron chi connectivity index (χ1n) is 6.03. The zero-order valence-corrected chi connectivity index (χ0v) is 10.4. The van der Waals surface area contributed by atoms with Crippen LogP contribution in [0.3, 0.4) is 0 Å². The number of nitrogens with zero attached hydrogens (tertiary/aromatic N) is 3. The van der Waals surface area contributed by atoms with Gasteiger partial charge in [0.05, 0.1) is 6.54 Å². The number of piperidine rings is 1. The third kappa shape index (κ3) is 3.33. The molecule has 4 nitrogen and oxygen atoms in total. The molecule has 0 amide bonds. The molecule has 96 valence electrons. The number of alkyl halides is 1. The maximum Gasteiger partial charge on any atom is 0.219 e. The van der Waals surface area contributed by atoms with Crippen LogP contribution in [0.2, 0.25) is 0 Å². The number of halogens is 1. The van der Waals surface area contributed by atoms with Crippen LogP contribution in [-0.4, -0.2) is 35.8 Å². The molecular weight excluding hydrogens is 233 g/mol. The topological polar surface area (TPSA) is 38.2 Å². The summed E-state index contributed by atoms with van der Waals surface area (Å²) in [5.41, 5.74) is 0. The molecule has 1 aromatic heterocycles. The third-order valence-corrected chi connectivity index (χ3v) is 2.78. The normalized spacial score (nSPS) is 19.0. The Kier molecular flexibility index (Phi) is 4.35. The molecule has 0 spiro atoms. The van der Waals surface area contributed by atoms with Crippen LogP contribution in [0.15, 0.2) is 12.4 Å². The molecule has 0 aromatic carbocycles. The van der Waals surface area contributed by atoms with Gasteiger partial charge in [-0.1, -0.05) is 5.92 Å². The molecule has 1 aliphatic rings. The third-order valence-electron chi connectivity index (χ3n) is 2.78. The van der Waals surface area contributed by atoms with E-state index in [0.717, 1.165) is 13.0 Å². The van der Waals surface area contributed by atoms with Crippen LogP contribution in [0.25, 0.3) is 0 Å². The fraction of sp³-hybridized carbons (Fsp3) is 0.538. The van der Waals surface area contributed by atoms with Gasteiger partial charge in [-0.15, -0.1) is 5.92 Å². The largest absolute Gasteiger partial charge is 0.464 e. The maximum atomic E-state index is 13.3. The zero-order chi connectivity index (χ0) is 12.8. The Morgan fingerprint density at radius 1 is 1.56 bits per heavy atom. The van der Waals surface area contributed by atoms with Crippen molar-refractivity contribution in [3.8, 4) is 17.7 Å². The number of aromatic nitrogens is 2. The van der Waals surface area contributed by atoms with E-state index in [2.05, 4.69) is 21.8 Å². The average molecular weight is 249 g/mol. The average Bonchev–Trinajstić information content (AvgIpc) is 2.39. The van der Waals surface area contributed by atoms with E-state index >= 15 is 0 Å². The van der Waals surface area contributed by atoms with Gasteiger partial charge >= 0.3 is 0 Å². The Hall–Kier alpha value is -1.83. The second kappa shape index (κ2) is 6.20. The highest BCUT2D eigenvalue weighted by Gasteiger charge is 2.20. The molecule has 1 aromatic rings. The Labute approximate surface area is 106 Å². The van der Waals surface area contributed by atoms with Gasteiger partial charge in [-0.25, -0.2) is 14.4 Å². The van der Waals surface area contributed by atoms with Gasteiger partial charge in [-0.05, 0) is 19.8 Å². The molecule has 2 rings (SSSR count). The molecule has 18 heavy (non-hydrogen) atoms. The molecular formula is C13H16FN3O. The molecule has 0 saturated carbocycles. The molecule has 1 fully saturated rings. The highest BCUT2D eigenvalue weighted by molar-refractivity contribution is 5.41. The van der Waals surface area contributed by atoms with Crippen LogP contribution in [-0.2, 0) is 0 Å². The zero-order valence-electron chi connectivity index (χ0n) is 10.4. The van der Waals surface area contributed by atoms with Gasteiger partial charge in [-0.2, -0.15) is 0 Å². The molecule has 1 atom stereocenters. The fourth-order valence-corrected chi connectivity index (χ4v) is 1.90. The first kappa shape index (κ1) is 12.6. The summed E-state index contributed by atoms with van der Waals surface area (Å²) in [6, 6.07) is 1.73. The second-order valence-corrected chi connectivity index (χ2v) is 4.12. The second-order valence-electron chi connectivity index (χ2n) is 4.12. The van der Waals surface area contributed by atoms with E-state index < -0.39 is 6.17 Å². The van der Waals surface area contributed by atoms with Crippen molar-refractivity contribution in [2.75, 3.05) is 24.6 Å². The molecule has 1 aliphatic heterocycles. The van der Waals surface area contributed by atoms with Crippen LogP contribution < -0.4 is 9.64 Å². The lowest BCUT2D eigenvalue weighted by Gasteiger charge is -2.29. The van der Waals surface area contributed by atoms with Crippen molar-refractivity contribution in [2.24, 2.45) is 0 Å². The van der Waals surface area contributed by atoms with Gasteiger partial charge < -0.3 is 9.64 Å². The van der Waals surface area contributed by atoms with Crippen molar-refractivity contribution in [1.82, 2.24) is 9.97 Å². The molecule has 0 bridgehead atoms. The number of ether oxygens (including phenoxy) is 1. The summed E-state index contributed by atoms with van der Waals surface area (Å²) >= 11 is 0. The monoisotopic (exact) mass is 249 g/mol. The number of hydrogen-bond donors (Lipinski definition) is 0. The lowest BCUT2D eigenvalue weighted by atomic mass is 10.1. The molecule has 2 heterocycles. The lowest BCUT2D eigenvalue weighted by molar-refractivity contribution is 0.285. The van der Waals surface area contributed by atoms with Gasteiger partial charge in [0.25, 0.3) is 0 Å². The van der Waals surface area contributed by atoms with Crippen molar-refractivity contribution in [3.05, 3.63) is 12.4 Å². The predicted octanol–water partition coefficient (Wildman–Crippen LogP) is 1.82. The van der Waals surface area contributed by atoms with Crippen LogP contribution >= 0.6 is 0 Å². The van der Waals surface area contributed by atoms with Crippen LogP contribution in [0.4, 0.5) is 10.2 Å². The molecule has 0 aliphatic carbocycles. The van der Waals surface area contributed by atoms with E-state index in [1.54, 1.807) is 13.0 Å². The Bertz CT molecular complexity index is 455. The molecule has 0 radical (unpaired) electrons. The minimum atomic E-state index is -0.774. The minimum Gasteiger partial charge on any atom is -0.464 e. The van der Waals surface area contributed by atoms with Gasteiger partial charge in [0.1, 0.15) is 18.3 Å². The summed E-state index contributed by atoms with van der Waals surface area (Å²) in [5.74, 6) is 6.73. The van der Waals surface area contributed by atoms with Crippen molar-refractivity contribution in [2.45, 2.75) is 25.9 Å².